The van der Waals surface area contributed by atoms with Crippen molar-refractivity contribution in [1.82, 2.24) is 8.61 Å². The van der Waals surface area contributed by atoms with Crippen molar-refractivity contribution in [3.8, 4) is 0 Å². The van der Waals surface area contributed by atoms with Gasteiger partial charge in [-0.2, -0.15) is 17.0 Å². The van der Waals surface area contributed by atoms with Gasteiger partial charge in [0.15, 0.2) is 0 Å². The standard InChI is InChI=1S/C18H32N2O3S/c1-13-10-20(11-14(2)23-13)24(21,22)19(3)12-18-7-15-4-16(8-18)6-17(5-15)9-18/h13-17H,4-12H2,1-3H3/t13-,14-,15?,16?,17?,18?/m0/s1. The van der Waals surface area contributed by atoms with Crippen LogP contribution in [0.3, 0.4) is 0 Å². The van der Waals surface area contributed by atoms with Crippen LogP contribution in [0.1, 0.15) is 52.4 Å². The molecule has 0 aromatic rings. The molecule has 0 aromatic heterocycles. The Morgan fingerprint density at radius 2 is 1.46 bits per heavy atom. The highest BCUT2D eigenvalue weighted by Crippen LogP contribution is 2.60. The third-order valence-corrected chi connectivity index (χ3v) is 8.70. The lowest BCUT2D eigenvalue weighted by atomic mass is 9.49. The van der Waals surface area contributed by atoms with Crippen molar-refractivity contribution < 1.29 is 13.2 Å². The second-order valence-electron chi connectivity index (χ2n) is 9.26. The summed E-state index contributed by atoms with van der Waals surface area (Å²) in [5.74, 6) is 2.57. The fraction of sp³-hybridized carbons (Fsp3) is 1.00. The topological polar surface area (TPSA) is 49.9 Å². The van der Waals surface area contributed by atoms with E-state index in [1.807, 2.05) is 13.8 Å². The van der Waals surface area contributed by atoms with Crippen LogP contribution in [0.2, 0.25) is 0 Å². The highest BCUT2D eigenvalue weighted by Gasteiger charge is 2.52. The van der Waals surface area contributed by atoms with Crippen LogP contribution in [0, 0.1) is 23.2 Å². The largest absolute Gasteiger partial charge is 0.373 e. The second-order valence-corrected chi connectivity index (χ2v) is 11.3. The fourth-order valence-corrected chi connectivity index (χ4v) is 8.18. The number of hydrogen-bond acceptors (Lipinski definition) is 3. The zero-order valence-electron chi connectivity index (χ0n) is 15.3. The van der Waals surface area contributed by atoms with E-state index in [1.54, 1.807) is 15.7 Å². The van der Waals surface area contributed by atoms with E-state index < -0.39 is 10.2 Å². The van der Waals surface area contributed by atoms with Crippen LogP contribution in [-0.4, -0.2) is 55.9 Å². The minimum atomic E-state index is -3.38. The van der Waals surface area contributed by atoms with Crippen molar-refractivity contribution in [3.05, 3.63) is 0 Å². The molecule has 0 spiro atoms. The quantitative estimate of drug-likeness (QED) is 0.778. The number of hydrogen-bond donors (Lipinski definition) is 0. The molecule has 4 bridgehead atoms. The molecule has 0 aromatic carbocycles. The molecule has 5 fully saturated rings. The average molecular weight is 357 g/mol. The minimum Gasteiger partial charge on any atom is -0.373 e. The first-order chi connectivity index (χ1) is 11.3. The summed E-state index contributed by atoms with van der Waals surface area (Å²) in [5, 5.41) is 0. The van der Waals surface area contributed by atoms with Gasteiger partial charge in [0.2, 0.25) is 0 Å². The van der Waals surface area contributed by atoms with Gasteiger partial charge in [-0.25, -0.2) is 0 Å². The van der Waals surface area contributed by atoms with E-state index in [-0.39, 0.29) is 17.6 Å². The van der Waals surface area contributed by atoms with Crippen molar-refractivity contribution in [2.45, 2.75) is 64.6 Å². The van der Waals surface area contributed by atoms with Crippen LogP contribution in [0.5, 0.6) is 0 Å². The summed E-state index contributed by atoms with van der Waals surface area (Å²) in [7, 11) is -1.59. The van der Waals surface area contributed by atoms with Gasteiger partial charge in [-0.1, -0.05) is 0 Å². The maximum atomic E-state index is 13.1. The van der Waals surface area contributed by atoms with Gasteiger partial charge in [0.25, 0.3) is 10.2 Å². The third kappa shape index (κ3) is 3.04. The molecule has 2 atom stereocenters. The smallest absolute Gasteiger partial charge is 0.281 e. The molecule has 4 aliphatic carbocycles. The van der Waals surface area contributed by atoms with Crippen LogP contribution >= 0.6 is 0 Å². The highest BCUT2D eigenvalue weighted by atomic mass is 32.2. The summed E-state index contributed by atoms with van der Waals surface area (Å²) in [6.07, 6.45) is 7.86. The molecule has 1 aliphatic heterocycles. The molecule has 5 aliphatic rings. The Labute approximate surface area is 146 Å². The third-order valence-electron chi connectivity index (χ3n) is 6.83. The van der Waals surface area contributed by atoms with Crippen molar-refractivity contribution in [2.24, 2.45) is 23.2 Å². The first-order valence-corrected chi connectivity index (χ1v) is 11.0. The molecule has 5 rings (SSSR count). The van der Waals surface area contributed by atoms with E-state index in [0.29, 0.717) is 19.6 Å². The fourth-order valence-electron chi connectivity index (χ4n) is 6.55. The van der Waals surface area contributed by atoms with Crippen LogP contribution in [0.25, 0.3) is 0 Å². The van der Waals surface area contributed by atoms with Gasteiger partial charge in [0, 0.05) is 26.7 Å². The Bertz CT molecular complexity index is 546. The molecule has 4 saturated carbocycles. The van der Waals surface area contributed by atoms with E-state index in [2.05, 4.69) is 0 Å². The molecule has 0 radical (unpaired) electrons. The van der Waals surface area contributed by atoms with Crippen molar-refractivity contribution in [3.63, 3.8) is 0 Å². The van der Waals surface area contributed by atoms with Crippen molar-refractivity contribution >= 4 is 10.2 Å². The zero-order valence-corrected chi connectivity index (χ0v) is 16.1. The van der Waals surface area contributed by atoms with Gasteiger partial charge in [0.1, 0.15) is 0 Å². The minimum absolute atomic E-state index is 0.0310. The lowest BCUT2D eigenvalue weighted by Crippen LogP contribution is -2.56. The van der Waals surface area contributed by atoms with Gasteiger partial charge >= 0.3 is 0 Å². The monoisotopic (exact) mass is 356 g/mol. The summed E-state index contributed by atoms with van der Waals surface area (Å²) >= 11 is 0. The summed E-state index contributed by atoms with van der Waals surface area (Å²) in [5.41, 5.74) is 0.250. The van der Waals surface area contributed by atoms with Crippen molar-refractivity contribution in [2.75, 3.05) is 26.7 Å². The normalized spacial score (nSPS) is 45.9. The summed E-state index contributed by atoms with van der Waals surface area (Å²) < 4.78 is 35.2. The van der Waals surface area contributed by atoms with E-state index in [9.17, 15) is 8.42 Å². The Hall–Kier alpha value is -0.170. The Morgan fingerprint density at radius 3 is 1.92 bits per heavy atom. The predicted octanol–water partition coefficient (Wildman–Crippen LogP) is 2.49. The molecule has 0 unspecified atom stereocenters. The first-order valence-electron chi connectivity index (χ1n) is 9.63. The number of ether oxygens (including phenoxy) is 1. The summed E-state index contributed by atoms with van der Waals surface area (Å²) in [6.45, 7) is 5.56. The SMILES string of the molecule is C[C@H]1CN(S(=O)(=O)N(C)CC23CC4CC(CC(C4)C2)C3)C[C@H](C)O1. The first kappa shape index (κ1) is 17.3. The van der Waals surface area contributed by atoms with Crippen LogP contribution in [-0.2, 0) is 14.9 Å². The van der Waals surface area contributed by atoms with Crippen LogP contribution in [0.4, 0.5) is 0 Å². The maximum absolute atomic E-state index is 13.1. The van der Waals surface area contributed by atoms with Gasteiger partial charge < -0.3 is 4.74 Å². The van der Waals surface area contributed by atoms with E-state index in [4.69, 9.17) is 4.74 Å². The lowest BCUT2D eigenvalue weighted by molar-refractivity contribution is -0.0612. The number of morpholine rings is 1. The molecule has 0 N–H and O–H groups in total. The average Bonchev–Trinajstić information content (AvgIpc) is 2.44. The van der Waals surface area contributed by atoms with Gasteiger partial charge in [-0.05, 0) is 75.5 Å². The van der Waals surface area contributed by atoms with E-state index >= 15 is 0 Å². The predicted molar refractivity (Wildman–Crippen MR) is 93.7 cm³/mol. The molecule has 24 heavy (non-hydrogen) atoms. The molecule has 6 heteroatoms. The van der Waals surface area contributed by atoms with Gasteiger partial charge in [-0.3, -0.25) is 0 Å². The van der Waals surface area contributed by atoms with Crippen molar-refractivity contribution in [1.29, 1.82) is 0 Å². The zero-order chi connectivity index (χ0) is 17.1. The Morgan fingerprint density at radius 1 is 1.00 bits per heavy atom. The molecular formula is C18H32N2O3S. The Kier molecular flexibility index (Phi) is 4.26. The van der Waals surface area contributed by atoms with Gasteiger partial charge in [-0.15, -0.1) is 0 Å². The van der Waals surface area contributed by atoms with Crippen LogP contribution in [0.15, 0.2) is 0 Å². The number of nitrogens with zero attached hydrogens (tertiary/aromatic N) is 2. The van der Waals surface area contributed by atoms with E-state index in [0.717, 1.165) is 17.8 Å². The molecule has 0 amide bonds. The van der Waals surface area contributed by atoms with Gasteiger partial charge in [0.05, 0.1) is 12.2 Å². The highest BCUT2D eigenvalue weighted by molar-refractivity contribution is 7.86. The number of rotatable bonds is 4. The lowest BCUT2D eigenvalue weighted by Gasteiger charge is -2.57. The summed E-state index contributed by atoms with van der Waals surface area (Å²) in [4.78, 5) is 0. The molecule has 1 heterocycles. The molecule has 5 nitrogen and oxygen atoms in total. The molecule has 138 valence electrons. The Balaban J connectivity index is 1.48. The molecular weight excluding hydrogens is 324 g/mol. The summed E-state index contributed by atoms with van der Waals surface area (Å²) in [6, 6.07) is 0. The van der Waals surface area contributed by atoms with Crippen LogP contribution < -0.4 is 0 Å². The second kappa shape index (κ2) is 5.93. The van der Waals surface area contributed by atoms with E-state index in [1.165, 1.54) is 38.5 Å². The maximum Gasteiger partial charge on any atom is 0.281 e. The molecule has 1 saturated heterocycles.